The Kier molecular flexibility index (Phi) is 3.66. The lowest BCUT2D eigenvalue weighted by Crippen LogP contribution is -2.30. The molecule has 1 aromatic rings. The molecule has 0 saturated heterocycles. The monoisotopic (exact) mass is 220 g/mol. The Labute approximate surface area is 94.6 Å². The lowest BCUT2D eigenvalue weighted by atomic mass is 10.1. The maximum absolute atomic E-state index is 11.9. The molecule has 0 spiro atoms. The lowest BCUT2D eigenvalue weighted by molar-refractivity contribution is -0.116. The number of hydrogen-bond acceptors (Lipinski definition) is 2. The average Bonchev–Trinajstić information content (AvgIpc) is 2.25. The zero-order chi connectivity index (χ0) is 12.3. The van der Waals surface area contributed by atoms with Gasteiger partial charge in [-0.25, -0.2) is 0 Å². The molecule has 0 fully saturated rings. The molecule has 0 aliphatic heterocycles. The molecular weight excluding hydrogens is 204 g/mol. The van der Waals surface area contributed by atoms with Gasteiger partial charge in [0.2, 0.25) is 5.91 Å². The second-order valence-corrected chi connectivity index (χ2v) is 3.73. The van der Waals surface area contributed by atoms with Crippen LogP contribution < -0.4 is 10.9 Å². The smallest absolute Gasteiger partial charge is 0.255 e. The molecule has 0 atom stereocenters. The molecule has 0 saturated carbocycles. The fourth-order valence-corrected chi connectivity index (χ4v) is 1.49. The maximum atomic E-state index is 11.9. The van der Waals surface area contributed by atoms with Crippen molar-refractivity contribution in [3.63, 3.8) is 0 Å². The van der Waals surface area contributed by atoms with E-state index in [9.17, 15) is 9.59 Å². The Balaban J connectivity index is 3.05. The normalized spacial score (nSPS) is 9.94. The standard InChI is InChI=1S/C12H16N2O2/c1-5-11(15)13-7-10-8(2)6-9(3)14(4)12(10)16/h5-6H,1,7H2,2-4H3,(H,13,15). The molecule has 0 aromatic carbocycles. The van der Waals surface area contributed by atoms with Crippen LogP contribution in [0.1, 0.15) is 16.8 Å². The van der Waals surface area contributed by atoms with Gasteiger partial charge in [0, 0.05) is 24.8 Å². The van der Waals surface area contributed by atoms with Crippen LogP contribution in [0.3, 0.4) is 0 Å². The lowest BCUT2D eigenvalue weighted by Gasteiger charge is -2.10. The number of aryl methyl sites for hydroxylation is 2. The third kappa shape index (κ3) is 2.39. The van der Waals surface area contributed by atoms with Crippen molar-refractivity contribution in [3.8, 4) is 0 Å². The Morgan fingerprint density at radius 3 is 2.75 bits per heavy atom. The van der Waals surface area contributed by atoms with Crippen LogP contribution >= 0.6 is 0 Å². The van der Waals surface area contributed by atoms with E-state index in [-0.39, 0.29) is 18.0 Å². The van der Waals surface area contributed by atoms with Crippen molar-refractivity contribution in [2.75, 3.05) is 0 Å². The number of pyridine rings is 1. The second kappa shape index (κ2) is 4.79. The van der Waals surface area contributed by atoms with Crippen molar-refractivity contribution in [1.29, 1.82) is 0 Å². The first-order valence-corrected chi connectivity index (χ1v) is 5.03. The summed E-state index contributed by atoms with van der Waals surface area (Å²) >= 11 is 0. The number of hydrogen-bond donors (Lipinski definition) is 1. The Morgan fingerprint density at radius 1 is 1.56 bits per heavy atom. The van der Waals surface area contributed by atoms with Crippen LogP contribution in [-0.2, 0) is 18.4 Å². The molecule has 4 nitrogen and oxygen atoms in total. The summed E-state index contributed by atoms with van der Waals surface area (Å²) in [6, 6.07) is 1.93. The van der Waals surface area contributed by atoms with Crippen LogP contribution in [0.2, 0.25) is 0 Å². The number of aromatic nitrogens is 1. The summed E-state index contributed by atoms with van der Waals surface area (Å²) in [7, 11) is 1.72. The van der Waals surface area contributed by atoms with Gasteiger partial charge in [0.05, 0.1) is 0 Å². The molecule has 1 N–H and O–H groups in total. The molecule has 1 heterocycles. The highest BCUT2D eigenvalue weighted by Gasteiger charge is 2.08. The van der Waals surface area contributed by atoms with Crippen molar-refractivity contribution < 1.29 is 4.79 Å². The Hall–Kier alpha value is -1.84. The van der Waals surface area contributed by atoms with Crippen LogP contribution in [-0.4, -0.2) is 10.5 Å². The summed E-state index contributed by atoms with van der Waals surface area (Å²) in [5.41, 5.74) is 2.34. The summed E-state index contributed by atoms with van der Waals surface area (Å²) in [4.78, 5) is 22.9. The molecule has 0 bridgehead atoms. The quantitative estimate of drug-likeness (QED) is 0.766. The summed E-state index contributed by atoms with van der Waals surface area (Å²) in [5.74, 6) is -0.276. The second-order valence-electron chi connectivity index (χ2n) is 3.73. The Bertz CT molecular complexity index is 487. The van der Waals surface area contributed by atoms with Gasteiger partial charge < -0.3 is 9.88 Å². The van der Waals surface area contributed by atoms with E-state index >= 15 is 0 Å². The van der Waals surface area contributed by atoms with Crippen molar-refractivity contribution in [2.45, 2.75) is 20.4 Å². The summed E-state index contributed by atoms with van der Waals surface area (Å²) in [6.07, 6.45) is 1.19. The van der Waals surface area contributed by atoms with Gasteiger partial charge in [-0.05, 0) is 31.6 Å². The predicted molar refractivity (Wildman–Crippen MR) is 63.2 cm³/mol. The van der Waals surface area contributed by atoms with Crippen LogP contribution in [0.4, 0.5) is 0 Å². The molecule has 4 heteroatoms. The molecule has 16 heavy (non-hydrogen) atoms. The van der Waals surface area contributed by atoms with Crippen LogP contribution in [0.5, 0.6) is 0 Å². The zero-order valence-electron chi connectivity index (χ0n) is 9.83. The fraction of sp³-hybridized carbons (Fsp3) is 0.333. The molecule has 86 valence electrons. The third-order valence-corrected chi connectivity index (χ3v) is 2.62. The molecular formula is C12H16N2O2. The first kappa shape index (κ1) is 12.2. The third-order valence-electron chi connectivity index (χ3n) is 2.62. The van der Waals surface area contributed by atoms with Gasteiger partial charge in [-0.15, -0.1) is 0 Å². The van der Waals surface area contributed by atoms with E-state index in [4.69, 9.17) is 0 Å². The highest BCUT2D eigenvalue weighted by atomic mass is 16.1. The van der Waals surface area contributed by atoms with E-state index in [1.165, 1.54) is 6.08 Å². The minimum Gasteiger partial charge on any atom is -0.348 e. The molecule has 0 radical (unpaired) electrons. The first-order valence-electron chi connectivity index (χ1n) is 5.03. The van der Waals surface area contributed by atoms with E-state index in [0.29, 0.717) is 5.56 Å². The molecule has 0 aliphatic rings. The van der Waals surface area contributed by atoms with Crippen LogP contribution in [0, 0.1) is 13.8 Å². The van der Waals surface area contributed by atoms with E-state index < -0.39 is 0 Å². The number of carbonyl (C=O) groups is 1. The SMILES string of the molecule is C=CC(=O)NCc1c(C)cc(C)n(C)c1=O. The first-order chi connectivity index (χ1) is 7.47. The number of amides is 1. The molecule has 1 rings (SSSR count). The van der Waals surface area contributed by atoms with E-state index in [0.717, 1.165) is 11.3 Å². The van der Waals surface area contributed by atoms with Crippen molar-refractivity contribution >= 4 is 5.91 Å². The van der Waals surface area contributed by atoms with Crippen LogP contribution in [0.15, 0.2) is 23.5 Å². The van der Waals surface area contributed by atoms with E-state index in [1.807, 2.05) is 19.9 Å². The van der Waals surface area contributed by atoms with Crippen LogP contribution in [0.25, 0.3) is 0 Å². The van der Waals surface area contributed by atoms with Gasteiger partial charge >= 0.3 is 0 Å². The highest BCUT2D eigenvalue weighted by Crippen LogP contribution is 2.04. The minimum absolute atomic E-state index is 0.0677. The molecule has 1 amide bonds. The summed E-state index contributed by atoms with van der Waals surface area (Å²) in [5, 5.41) is 2.61. The van der Waals surface area contributed by atoms with Crippen molar-refractivity contribution in [3.05, 3.63) is 45.9 Å². The average molecular weight is 220 g/mol. The highest BCUT2D eigenvalue weighted by molar-refractivity contribution is 5.86. The van der Waals surface area contributed by atoms with Crippen molar-refractivity contribution in [1.82, 2.24) is 9.88 Å². The number of nitrogens with zero attached hydrogens (tertiary/aromatic N) is 1. The van der Waals surface area contributed by atoms with Gasteiger partial charge in [0.1, 0.15) is 0 Å². The van der Waals surface area contributed by atoms with E-state index in [2.05, 4.69) is 11.9 Å². The summed E-state index contributed by atoms with van der Waals surface area (Å²) < 4.78 is 1.57. The predicted octanol–water partition coefficient (Wildman–Crippen LogP) is 0.804. The molecule has 0 unspecified atom stereocenters. The maximum Gasteiger partial charge on any atom is 0.255 e. The fourth-order valence-electron chi connectivity index (χ4n) is 1.49. The van der Waals surface area contributed by atoms with E-state index in [1.54, 1.807) is 11.6 Å². The van der Waals surface area contributed by atoms with Gasteiger partial charge in [-0.3, -0.25) is 9.59 Å². The zero-order valence-corrected chi connectivity index (χ0v) is 9.83. The Morgan fingerprint density at radius 2 is 2.19 bits per heavy atom. The topological polar surface area (TPSA) is 51.1 Å². The minimum atomic E-state index is -0.276. The van der Waals surface area contributed by atoms with Gasteiger partial charge in [-0.2, -0.15) is 0 Å². The number of carbonyl (C=O) groups excluding carboxylic acids is 1. The summed E-state index contributed by atoms with van der Waals surface area (Å²) in [6.45, 7) is 7.33. The molecule has 1 aromatic heterocycles. The largest absolute Gasteiger partial charge is 0.348 e. The van der Waals surface area contributed by atoms with Gasteiger partial charge in [-0.1, -0.05) is 6.58 Å². The van der Waals surface area contributed by atoms with Gasteiger partial charge in [0.25, 0.3) is 5.56 Å². The number of nitrogens with one attached hydrogen (secondary N) is 1. The van der Waals surface area contributed by atoms with Crippen molar-refractivity contribution in [2.24, 2.45) is 7.05 Å². The molecule has 0 aliphatic carbocycles. The number of rotatable bonds is 3. The van der Waals surface area contributed by atoms with Gasteiger partial charge in [0.15, 0.2) is 0 Å².